The summed E-state index contributed by atoms with van der Waals surface area (Å²) in [7, 11) is -2.84. The molecule has 76 valence electrons. The summed E-state index contributed by atoms with van der Waals surface area (Å²) in [5.74, 6) is 0.411. The second kappa shape index (κ2) is 4.24. The van der Waals surface area contributed by atoms with Crippen molar-refractivity contribution in [2.45, 2.75) is 32.2 Å². The first-order chi connectivity index (χ1) is 6.03. The van der Waals surface area contributed by atoms with E-state index in [1.165, 1.54) is 5.57 Å². The fraction of sp³-hybridized carbons (Fsp3) is 0.778. The van der Waals surface area contributed by atoms with E-state index in [2.05, 4.69) is 0 Å². The van der Waals surface area contributed by atoms with Gasteiger partial charge in [0.25, 0.3) is 0 Å². The predicted molar refractivity (Wildman–Crippen MR) is 54.2 cm³/mol. The molecule has 2 N–H and O–H groups in total. The number of nitrogens with two attached hydrogens (primary N) is 1. The van der Waals surface area contributed by atoms with Gasteiger partial charge in [0.15, 0.2) is 9.84 Å². The Morgan fingerprint density at radius 1 is 1.62 bits per heavy atom. The van der Waals surface area contributed by atoms with Crippen LogP contribution in [0.4, 0.5) is 0 Å². The highest BCUT2D eigenvalue weighted by Crippen LogP contribution is 2.22. The summed E-state index contributed by atoms with van der Waals surface area (Å²) in [6, 6.07) is 0.246. The number of hydrogen-bond donors (Lipinski definition) is 1. The molecule has 0 amide bonds. The van der Waals surface area contributed by atoms with Crippen molar-refractivity contribution in [2.24, 2.45) is 5.73 Å². The van der Waals surface area contributed by atoms with E-state index in [-0.39, 0.29) is 17.5 Å². The standard InChI is InChI=1S/C9H17NO2S/c1-2-13(11,12)6-5-8-3-4-9(10)7-8/h5,9H,2-4,6-7,10H2,1H3/b8-5-. The van der Waals surface area contributed by atoms with E-state index < -0.39 is 9.84 Å². The molecule has 1 unspecified atom stereocenters. The molecule has 0 aromatic rings. The average Bonchev–Trinajstić information content (AvgIpc) is 2.48. The molecule has 1 fully saturated rings. The van der Waals surface area contributed by atoms with E-state index in [0.717, 1.165) is 19.3 Å². The monoisotopic (exact) mass is 203 g/mol. The third kappa shape index (κ3) is 3.48. The van der Waals surface area contributed by atoms with Gasteiger partial charge in [-0.1, -0.05) is 18.6 Å². The molecule has 0 spiro atoms. The molecule has 1 rings (SSSR count). The normalized spacial score (nSPS) is 26.9. The van der Waals surface area contributed by atoms with Gasteiger partial charge in [0.1, 0.15) is 0 Å². The van der Waals surface area contributed by atoms with Crippen LogP contribution < -0.4 is 5.73 Å². The smallest absolute Gasteiger partial charge is 0.153 e. The Morgan fingerprint density at radius 2 is 2.31 bits per heavy atom. The van der Waals surface area contributed by atoms with Crippen molar-refractivity contribution in [3.63, 3.8) is 0 Å². The zero-order valence-electron chi connectivity index (χ0n) is 7.99. The number of rotatable bonds is 3. The van der Waals surface area contributed by atoms with Crippen LogP contribution in [-0.4, -0.2) is 26.0 Å². The lowest BCUT2D eigenvalue weighted by atomic mass is 10.2. The van der Waals surface area contributed by atoms with Crippen molar-refractivity contribution in [3.8, 4) is 0 Å². The minimum atomic E-state index is -2.84. The zero-order valence-corrected chi connectivity index (χ0v) is 8.81. The molecular weight excluding hydrogens is 186 g/mol. The summed E-state index contributed by atoms with van der Waals surface area (Å²) in [5, 5.41) is 0. The molecule has 0 saturated heterocycles. The SMILES string of the molecule is CCS(=O)(=O)C/C=C1/CCC(N)C1. The molecule has 0 heterocycles. The molecule has 1 aliphatic carbocycles. The lowest BCUT2D eigenvalue weighted by molar-refractivity contribution is 0.600. The third-order valence-electron chi connectivity index (χ3n) is 2.43. The van der Waals surface area contributed by atoms with Crippen LogP contribution in [0.1, 0.15) is 26.2 Å². The molecule has 4 heteroatoms. The Hall–Kier alpha value is -0.350. The fourth-order valence-electron chi connectivity index (χ4n) is 1.46. The van der Waals surface area contributed by atoms with E-state index in [9.17, 15) is 8.42 Å². The van der Waals surface area contributed by atoms with Gasteiger partial charge in [-0.15, -0.1) is 0 Å². The Bertz CT molecular complexity index is 293. The Balaban J connectivity index is 2.50. The van der Waals surface area contributed by atoms with Crippen LogP contribution in [0.3, 0.4) is 0 Å². The van der Waals surface area contributed by atoms with Crippen molar-refractivity contribution in [2.75, 3.05) is 11.5 Å². The second-order valence-electron chi connectivity index (χ2n) is 3.56. The fourth-order valence-corrected chi connectivity index (χ4v) is 2.19. The third-order valence-corrected chi connectivity index (χ3v) is 3.98. The van der Waals surface area contributed by atoms with Crippen molar-refractivity contribution in [1.82, 2.24) is 0 Å². The largest absolute Gasteiger partial charge is 0.327 e. The van der Waals surface area contributed by atoms with Crippen LogP contribution >= 0.6 is 0 Å². The Morgan fingerprint density at radius 3 is 2.77 bits per heavy atom. The highest BCUT2D eigenvalue weighted by molar-refractivity contribution is 7.91. The quantitative estimate of drug-likeness (QED) is 0.692. The van der Waals surface area contributed by atoms with Gasteiger partial charge in [-0.25, -0.2) is 8.42 Å². The summed E-state index contributed by atoms with van der Waals surface area (Å²) < 4.78 is 22.3. The number of hydrogen-bond acceptors (Lipinski definition) is 3. The highest BCUT2D eigenvalue weighted by atomic mass is 32.2. The van der Waals surface area contributed by atoms with E-state index in [1.54, 1.807) is 6.92 Å². The molecular formula is C9H17NO2S. The molecule has 1 saturated carbocycles. The summed E-state index contributed by atoms with van der Waals surface area (Å²) in [6.07, 6.45) is 4.68. The summed E-state index contributed by atoms with van der Waals surface area (Å²) in [5.41, 5.74) is 6.92. The van der Waals surface area contributed by atoms with Crippen LogP contribution in [0.15, 0.2) is 11.6 Å². The van der Waals surface area contributed by atoms with E-state index in [4.69, 9.17) is 5.73 Å². The van der Waals surface area contributed by atoms with Crippen LogP contribution in [0, 0.1) is 0 Å². The van der Waals surface area contributed by atoms with Crippen LogP contribution in [-0.2, 0) is 9.84 Å². The summed E-state index contributed by atoms with van der Waals surface area (Å²) >= 11 is 0. The Labute approximate surface area is 79.9 Å². The van der Waals surface area contributed by atoms with Crippen molar-refractivity contribution in [3.05, 3.63) is 11.6 Å². The molecule has 1 aliphatic rings. The lowest BCUT2D eigenvalue weighted by Gasteiger charge is -1.98. The molecule has 1 atom stereocenters. The van der Waals surface area contributed by atoms with Crippen LogP contribution in [0.2, 0.25) is 0 Å². The van der Waals surface area contributed by atoms with Gasteiger partial charge in [0.05, 0.1) is 5.75 Å². The average molecular weight is 203 g/mol. The minimum absolute atomic E-state index is 0.186. The van der Waals surface area contributed by atoms with Crippen LogP contribution in [0.5, 0.6) is 0 Å². The first-order valence-corrected chi connectivity index (χ1v) is 6.49. The van der Waals surface area contributed by atoms with Crippen molar-refractivity contribution in [1.29, 1.82) is 0 Å². The van der Waals surface area contributed by atoms with E-state index in [1.807, 2.05) is 6.08 Å². The van der Waals surface area contributed by atoms with Crippen molar-refractivity contribution < 1.29 is 8.42 Å². The zero-order chi connectivity index (χ0) is 9.90. The van der Waals surface area contributed by atoms with Gasteiger partial charge >= 0.3 is 0 Å². The van der Waals surface area contributed by atoms with Crippen LogP contribution in [0.25, 0.3) is 0 Å². The molecule has 0 aromatic carbocycles. The van der Waals surface area contributed by atoms with Gasteiger partial charge in [-0.05, 0) is 19.3 Å². The maximum atomic E-state index is 11.2. The van der Waals surface area contributed by atoms with E-state index in [0.29, 0.717) is 0 Å². The maximum absolute atomic E-state index is 11.2. The van der Waals surface area contributed by atoms with Gasteiger partial charge in [-0.2, -0.15) is 0 Å². The predicted octanol–water partition coefficient (Wildman–Crippen LogP) is 0.859. The van der Waals surface area contributed by atoms with Gasteiger partial charge in [0, 0.05) is 11.8 Å². The van der Waals surface area contributed by atoms with Gasteiger partial charge in [-0.3, -0.25) is 0 Å². The summed E-state index contributed by atoms with van der Waals surface area (Å²) in [4.78, 5) is 0. The molecule has 13 heavy (non-hydrogen) atoms. The van der Waals surface area contributed by atoms with E-state index >= 15 is 0 Å². The molecule has 0 aliphatic heterocycles. The highest BCUT2D eigenvalue weighted by Gasteiger charge is 2.15. The van der Waals surface area contributed by atoms with Gasteiger partial charge < -0.3 is 5.73 Å². The van der Waals surface area contributed by atoms with Gasteiger partial charge in [0.2, 0.25) is 0 Å². The number of sulfone groups is 1. The molecule has 0 radical (unpaired) electrons. The lowest BCUT2D eigenvalue weighted by Crippen LogP contribution is -2.13. The molecule has 0 aromatic heterocycles. The first-order valence-electron chi connectivity index (χ1n) is 4.67. The topological polar surface area (TPSA) is 60.2 Å². The molecule has 0 bridgehead atoms. The molecule has 3 nitrogen and oxygen atoms in total. The first kappa shape index (κ1) is 10.7. The summed E-state index contributed by atoms with van der Waals surface area (Å²) in [6.45, 7) is 1.67. The second-order valence-corrected chi connectivity index (χ2v) is 5.96. The van der Waals surface area contributed by atoms with Crippen molar-refractivity contribution >= 4 is 9.84 Å². The Kier molecular flexibility index (Phi) is 3.50. The minimum Gasteiger partial charge on any atom is -0.327 e. The maximum Gasteiger partial charge on any atom is 0.153 e.